The molecule has 0 aliphatic carbocycles. The molecule has 0 aromatic heterocycles. The smallest absolute Gasteiger partial charge is 0.271 e. The molecule has 0 unspecified atom stereocenters. The third-order valence-corrected chi connectivity index (χ3v) is 4.53. The van der Waals surface area contributed by atoms with Crippen molar-refractivity contribution in [3.63, 3.8) is 0 Å². The van der Waals surface area contributed by atoms with Crippen LogP contribution in [0.5, 0.6) is 5.75 Å². The van der Waals surface area contributed by atoms with E-state index < -0.39 is 0 Å². The number of hydrogen-bond donors (Lipinski definition) is 1. The molecular formula is C20H17BrN2O2. The fraction of sp³-hybridized carbons (Fsp3) is 0.100. The van der Waals surface area contributed by atoms with Crippen molar-refractivity contribution in [1.29, 1.82) is 0 Å². The maximum absolute atomic E-state index is 12.3. The fourth-order valence-electron chi connectivity index (χ4n) is 2.49. The van der Waals surface area contributed by atoms with Crippen molar-refractivity contribution >= 4 is 38.3 Å². The van der Waals surface area contributed by atoms with Crippen molar-refractivity contribution in [3.05, 3.63) is 76.3 Å². The second-order valence-corrected chi connectivity index (χ2v) is 6.40. The molecule has 126 valence electrons. The Kier molecular flexibility index (Phi) is 5.14. The molecule has 0 fully saturated rings. The number of benzene rings is 3. The van der Waals surface area contributed by atoms with Gasteiger partial charge in [-0.15, -0.1) is 0 Å². The van der Waals surface area contributed by atoms with Crippen molar-refractivity contribution in [2.24, 2.45) is 5.10 Å². The number of nitrogens with one attached hydrogen (secondary N) is 1. The van der Waals surface area contributed by atoms with Crippen LogP contribution in [-0.2, 0) is 0 Å². The summed E-state index contributed by atoms with van der Waals surface area (Å²) in [4.78, 5) is 12.3. The Morgan fingerprint density at radius 1 is 1.00 bits per heavy atom. The van der Waals surface area contributed by atoms with Crippen LogP contribution in [-0.4, -0.2) is 18.7 Å². The van der Waals surface area contributed by atoms with Crippen LogP contribution in [0, 0.1) is 0 Å². The Hall–Kier alpha value is -2.66. The Balaban J connectivity index is 1.77. The zero-order valence-corrected chi connectivity index (χ0v) is 15.5. The molecule has 0 atom stereocenters. The van der Waals surface area contributed by atoms with Gasteiger partial charge < -0.3 is 4.74 Å². The third-order valence-electron chi connectivity index (χ3n) is 3.91. The topological polar surface area (TPSA) is 50.7 Å². The highest BCUT2D eigenvalue weighted by molar-refractivity contribution is 9.10. The average Bonchev–Trinajstić information content (AvgIpc) is 2.65. The normalized spacial score (nSPS) is 11.4. The van der Waals surface area contributed by atoms with Crippen LogP contribution in [0.1, 0.15) is 22.8 Å². The molecule has 1 amide bonds. The van der Waals surface area contributed by atoms with E-state index in [0.29, 0.717) is 11.3 Å². The van der Waals surface area contributed by atoms with Crippen molar-refractivity contribution < 1.29 is 9.53 Å². The van der Waals surface area contributed by atoms with Crippen LogP contribution in [0.4, 0.5) is 0 Å². The number of hydrazone groups is 1. The summed E-state index contributed by atoms with van der Waals surface area (Å²) in [5.41, 5.74) is 4.81. The first kappa shape index (κ1) is 17.2. The number of carbonyl (C=O) groups is 1. The van der Waals surface area contributed by atoms with Gasteiger partial charge in [-0.3, -0.25) is 4.79 Å². The van der Waals surface area contributed by atoms with Gasteiger partial charge in [0.05, 0.1) is 17.3 Å². The van der Waals surface area contributed by atoms with Crippen LogP contribution >= 0.6 is 15.9 Å². The molecule has 0 aliphatic heterocycles. The Bertz CT molecular complexity index is 967. The molecule has 0 saturated carbocycles. The molecule has 3 aromatic rings. The van der Waals surface area contributed by atoms with Crippen molar-refractivity contribution in [1.82, 2.24) is 5.43 Å². The van der Waals surface area contributed by atoms with Gasteiger partial charge in [-0.25, -0.2) is 5.43 Å². The number of rotatable bonds is 4. The monoisotopic (exact) mass is 396 g/mol. The molecule has 1 N–H and O–H groups in total. The van der Waals surface area contributed by atoms with Crippen LogP contribution in [0.15, 0.2) is 70.2 Å². The number of fused-ring (bicyclic) bond motifs is 1. The maximum Gasteiger partial charge on any atom is 0.271 e. The summed E-state index contributed by atoms with van der Waals surface area (Å²) >= 11 is 3.37. The summed E-state index contributed by atoms with van der Waals surface area (Å²) in [6.07, 6.45) is 0. The lowest BCUT2D eigenvalue weighted by molar-refractivity contribution is 0.0954. The standard InChI is InChI=1S/C20H17BrN2O2/c1-13(15-8-7-14-5-3-4-6-16(14)11-15)22-23-20(24)17-9-10-19(25-2)18(21)12-17/h3-12H,1-2H3,(H,23,24). The summed E-state index contributed by atoms with van der Waals surface area (Å²) in [5, 5.41) is 6.53. The summed E-state index contributed by atoms with van der Waals surface area (Å²) in [6, 6.07) is 19.4. The molecule has 3 aromatic carbocycles. The SMILES string of the molecule is COc1ccc(C(=O)NN=C(C)c2ccc3ccccc3c2)cc1Br. The van der Waals surface area contributed by atoms with Crippen LogP contribution in [0.2, 0.25) is 0 Å². The van der Waals surface area contributed by atoms with Gasteiger partial charge in [-0.05, 0) is 63.5 Å². The van der Waals surface area contributed by atoms with E-state index in [1.165, 1.54) is 5.39 Å². The summed E-state index contributed by atoms with van der Waals surface area (Å²) in [6.45, 7) is 1.87. The number of methoxy groups -OCH3 is 1. The van der Waals surface area contributed by atoms with Gasteiger partial charge in [0.25, 0.3) is 5.91 Å². The van der Waals surface area contributed by atoms with Gasteiger partial charge in [0.2, 0.25) is 0 Å². The molecule has 0 radical (unpaired) electrons. The van der Waals surface area contributed by atoms with Crippen LogP contribution < -0.4 is 10.2 Å². The second kappa shape index (κ2) is 7.49. The highest BCUT2D eigenvalue weighted by Crippen LogP contribution is 2.25. The summed E-state index contributed by atoms with van der Waals surface area (Å²) in [5.74, 6) is 0.399. The van der Waals surface area contributed by atoms with Gasteiger partial charge in [-0.2, -0.15) is 5.10 Å². The van der Waals surface area contributed by atoms with Crippen molar-refractivity contribution in [2.75, 3.05) is 7.11 Å². The summed E-state index contributed by atoms with van der Waals surface area (Å²) in [7, 11) is 1.58. The molecule has 5 heteroatoms. The lowest BCUT2D eigenvalue weighted by Crippen LogP contribution is -2.19. The van der Waals surface area contributed by atoms with E-state index in [2.05, 4.69) is 44.7 Å². The number of nitrogens with zero attached hydrogens (tertiary/aromatic N) is 1. The third kappa shape index (κ3) is 3.88. The average molecular weight is 397 g/mol. The van der Waals surface area contributed by atoms with E-state index in [0.717, 1.165) is 21.1 Å². The van der Waals surface area contributed by atoms with E-state index in [9.17, 15) is 4.79 Å². The minimum atomic E-state index is -0.275. The van der Waals surface area contributed by atoms with Crippen LogP contribution in [0.25, 0.3) is 10.8 Å². The first-order valence-corrected chi connectivity index (χ1v) is 8.55. The highest BCUT2D eigenvalue weighted by Gasteiger charge is 2.08. The molecular weight excluding hydrogens is 380 g/mol. The number of amides is 1. The molecule has 0 heterocycles. The van der Waals surface area contributed by atoms with E-state index in [1.54, 1.807) is 25.3 Å². The van der Waals surface area contributed by atoms with Crippen LogP contribution in [0.3, 0.4) is 0 Å². The van der Waals surface area contributed by atoms with Gasteiger partial charge in [0.15, 0.2) is 0 Å². The maximum atomic E-state index is 12.3. The first-order valence-electron chi connectivity index (χ1n) is 7.76. The molecule has 3 rings (SSSR count). The van der Waals surface area contributed by atoms with E-state index in [4.69, 9.17) is 4.74 Å². The number of carbonyl (C=O) groups excluding carboxylic acids is 1. The first-order chi connectivity index (χ1) is 12.1. The molecule has 0 saturated heterocycles. The number of halogens is 1. The Morgan fingerprint density at radius 2 is 1.72 bits per heavy atom. The van der Waals surface area contributed by atoms with Gasteiger partial charge >= 0.3 is 0 Å². The van der Waals surface area contributed by atoms with Crippen molar-refractivity contribution in [3.8, 4) is 5.75 Å². The molecule has 0 spiro atoms. The lowest BCUT2D eigenvalue weighted by atomic mass is 10.0. The minimum Gasteiger partial charge on any atom is -0.496 e. The predicted molar refractivity (Wildman–Crippen MR) is 104 cm³/mol. The second-order valence-electron chi connectivity index (χ2n) is 5.55. The van der Waals surface area contributed by atoms with Gasteiger partial charge in [0, 0.05) is 5.56 Å². The zero-order valence-electron chi connectivity index (χ0n) is 13.9. The fourth-order valence-corrected chi connectivity index (χ4v) is 3.03. The lowest BCUT2D eigenvalue weighted by Gasteiger charge is -2.07. The largest absolute Gasteiger partial charge is 0.496 e. The minimum absolute atomic E-state index is 0.275. The Morgan fingerprint density at radius 3 is 2.44 bits per heavy atom. The van der Waals surface area contributed by atoms with Gasteiger partial charge in [0.1, 0.15) is 5.75 Å². The number of hydrogen-bond acceptors (Lipinski definition) is 3. The van der Waals surface area contributed by atoms with Crippen molar-refractivity contribution in [2.45, 2.75) is 6.92 Å². The molecule has 4 nitrogen and oxygen atoms in total. The molecule has 25 heavy (non-hydrogen) atoms. The quantitative estimate of drug-likeness (QED) is 0.510. The highest BCUT2D eigenvalue weighted by atomic mass is 79.9. The van der Waals surface area contributed by atoms with Gasteiger partial charge in [-0.1, -0.05) is 36.4 Å². The molecule has 0 bridgehead atoms. The predicted octanol–water partition coefficient (Wildman–Crippen LogP) is 4.76. The zero-order chi connectivity index (χ0) is 17.8. The summed E-state index contributed by atoms with van der Waals surface area (Å²) < 4.78 is 5.88. The van der Waals surface area contributed by atoms with E-state index in [1.807, 2.05) is 31.2 Å². The Labute approximate surface area is 154 Å². The molecule has 0 aliphatic rings. The number of ether oxygens (including phenoxy) is 1. The van der Waals surface area contributed by atoms with E-state index in [-0.39, 0.29) is 5.91 Å². The van der Waals surface area contributed by atoms with E-state index >= 15 is 0 Å².